The number of pyridine rings is 1. The zero-order chi connectivity index (χ0) is 22.0. The Balaban J connectivity index is 1.45. The summed E-state index contributed by atoms with van der Waals surface area (Å²) in [6.07, 6.45) is 3.54. The number of aromatic nitrogens is 1. The van der Waals surface area contributed by atoms with E-state index in [0.717, 1.165) is 11.1 Å². The number of benzene rings is 2. The molecule has 1 aromatic heterocycles. The van der Waals surface area contributed by atoms with E-state index in [1.165, 1.54) is 6.07 Å². The molecule has 2 aromatic carbocycles. The van der Waals surface area contributed by atoms with Gasteiger partial charge in [-0.25, -0.2) is 4.39 Å². The van der Waals surface area contributed by atoms with Crippen LogP contribution in [0.5, 0.6) is 0 Å². The third-order valence-corrected chi connectivity index (χ3v) is 6.49. The second-order valence-electron chi connectivity index (χ2n) is 8.55. The van der Waals surface area contributed by atoms with Crippen molar-refractivity contribution in [2.45, 2.75) is 24.6 Å². The van der Waals surface area contributed by atoms with Gasteiger partial charge in [0.15, 0.2) is 5.60 Å². The van der Waals surface area contributed by atoms with Crippen molar-refractivity contribution in [1.29, 1.82) is 0 Å². The van der Waals surface area contributed by atoms with Gasteiger partial charge in [-0.05, 0) is 23.3 Å². The number of ether oxygens (including phenoxy) is 1. The normalized spacial score (nSPS) is 23.7. The second kappa shape index (κ2) is 8.81. The molecule has 2 aliphatic rings. The Bertz CT molecular complexity index is 1080. The molecule has 1 spiro atoms. The molecule has 1 amide bonds. The highest BCUT2D eigenvalue weighted by molar-refractivity contribution is 5.88. The Morgan fingerprint density at radius 1 is 1.03 bits per heavy atom. The summed E-state index contributed by atoms with van der Waals surface area (Å²) in [6, 6.07) is 20.7. The number of carbonyl (C=O) groups excluding carboxylic acids is 1. The van der Waals surface area contributed by atoms with E-state index < -0.39 is 5.60 Å². The topological polar surface area (TPSA) is 45.7 Å². The molecule has 2 atom stereocenters. The van der Waals surface area contributed by atoms with Crippen molar-refractivity contribution in [2.24, 2.45) is 0 Å². The molecule has 0 saturated carbocycles. The third-order valence-electron chi connectivity index (χ3n) is 6.49. The predicted molar refractivity (Wildman–Crippen MR) is 119 cm³/mol. The number of hydrogen-bond acceptors (Lipinski definition) is 4. The van der Waals surface area contributed by atoms with E-state index in [4.69, 9.17) is 4.74 Å². The van der Waals surface area contributed by atoms with Crippen molar-refractivity contribution in [1.82, 2.24) is 14.8 Å². The number of hydrogen-bond donors (Lipinski definition) is 0. The molecular formula is C26H26FN3O2. The highest BCUT2D eigenvalue weighted by Crippen LogP contribution is 2.42. The number of morpholine rings is 1. The van der Waals surface area contributed by atoms with Gasteiger partial charge < -0.3 is 9.64 Å². The fourth-order valence-corrected chi connectivity index (χ4v) is 4.94. The molecule has 0 N–H and O–H groups in total. The van der Waals surface area contributed by atoms with Gasteiger partial charge in [0, 0.05) is 56.6 Å². The summed E-state index contributed by atoms with van der Waals surface area (Å²) in [5.41, 5.74) is 1.69. The van der Waals surface area contributed by atoms with E-state index in [0.29, 0.717) is 44.9 Å². The van der Waals surface area contributed by atoms with Gasteiger partial charge in [-0.15, -0.1) is 0 Å². The van der Waals surface area contributed by atoms with E-state index in [1.807, 2.05) is 59.6 Å². The Labute approximate surface area is 187 Å². The Morgan fingerprint density at radius 2 is 1.84 bits per heavy atom. The van der Waals surface area contributed by atoms with Crippen LogP contribution in [0, 0.1) is 5.82 Å². The number of likely N-dealkylation sites (tertiary alicyclic amines) is 1. The average molecular weight is 432 g/mol. The number of halogens is 1. The van der Waals surface area contributed by atoms with E-state index in [2.05, 4.69) is 9.88 Å². The van der Waals surface area contributed by atoms with Crippen molar-refractivity contribution in [2.75, 3.05) is 26.2 Å². The first-order valence-electron chi connectivity index (χ1n) is 11.0. The van der Waals surface area contributed by atoms with Crippen LogP contribution in [-0.4, -0.2) is 52.5 Å². The summed E-state index contributed by atoms with van der Waals surface area (Å²) >= 11 is 0. The SMILES string of the molecule is O=C1N(Cc2ccccc2)CCOC12CN(Cc1ccccc1F)CC2c1cccnc1. The van der Waals surface area contributed by atoms with Gasteiger partial charge in [0.25, 0.3) is 5.91 Å². The second-order valence-corrected chi connectivity index (χ2v) is 8.55. The van der Waals surface area contributed by atoms with Crippen LogP contribution in [0.2, 0.25) is 0 Å². The molecule has 0 bridgehead atoms. The van der Waals surface area contributed by atoms with Crippen LogP contribution in [0.3, 0.4) is 0 Å². The van der Waals surface area contributed by atoms with Crippen LogP contribution in [0.25, 0.3) is 0 Å². The molecule has 3 heterocycles. The summed E-state index contributed by atoms with van der Waals surface area (Å²) in [7, 11) is 0. The quantitative estimate of drug-likeness (QED) is 0.619. The van der Waals surface area contributed by atoms with Crippen molar-refractivity contribution in [3.05, 3.63) is 102 Å². The Kier molecular flexibility index (Phi) is 5.72. The summed E-state index contributed by atoms with van der Waals surface area (Å²) < 4.78 is 20.7. The molecule has 164 valence electrons. The average Bonchev–Trinajstić information content (AvgIpc) is 3.18. The van der Waals surface area contributed by atoms with Crippen molar-refractivity contribution in [3.63, 3.8) is 0 Å². The minimum Gasteiger partial charge on any atom is -0.361 e. The summed E-state index contributed by atoms with van der Waals surface area (Å²) in [4.78, 5) is 22.2. The molecule has 0 radical (unpaired) electrons. The minimum absolute atomic E-state index is 0.00232. The zero-order valence-electron chi connectivity index (χ0n) is 17.9. The molecule has 6 heteroatoms. The van der Waals surface area contributed by atoms with Crippen LogP contribution in [0.4, 0.5) is 4.39 Å². The molecule has 3 aromatic rings. The van der Waals surface area contributed by atoms with Crippen molar-refractivity contribution >= 4 is 5.91 Å². The minimum atomic E-state index is -0.999. The van der Waals surface area contributed by atoms with Crippen molar-refractivity contribution < 1.29 is 13.9 Å². The standard InChI is InChI=1S/C26H26FN3O2/c27-24-11-5-4-9-22(24)17-29-18-23(21-10-6-12-28-15-21)26(19-29)25(31)30(13-14-32-26)16-20-7-2-1-3-8-20/h1-12,15,23H,13-14,16-19H2. The number of amides is 1. The van der Waals surface area contributed by atoms with E-state index in [9.17, 15) is 9.18 Å². The molecule has 2 saturated heterocycles. The lowest BCUT2D eigenvalue weighted by molar-refractivity contribution is -0.173. The first-order valence-corrected chi connectivity index (χ1v) is 11.0. The molecule has 2 aliphatic heterocycles. The van der Waals surface area contributed by atoms with Gasteiger partial charge in [0.05, 0.1) is 6.61 Å². The fourth-order valence-electron chi connectivity index (χ4n) is 4.94. The largest absolute Gasteiger partial charge is 0.361 e. The predicted octanol–water partition coefficient (Wildman–Crippen LogP) is 3.62. The smallest absolute Gasteiger partial charge is 0.257 e. The van der Waals surface area contributed by atoms with Crippen LogP contribution in [-0.2, 0) is 22.6 Å². The molecule has 2 unspecified atom stereocenters. The van der Waals surface area contributed by atoms with Crippen LogP contribution >= 0.6 is 0 Å². The van der Waals surface area contributed by atoms with Gasteiger partial charge in [0.2, 0.25) is 0 Å². The lowest BCUT2D eigenvalue weighted by Gasteiger charge is -2.42. The highest BCUT2D eigenvalue weighted by atomic mass is 19.1. The molecular weight excluding hydrogens is 405 g/mol. The number of nitrogens with zero attached hydrogens (tertiary/aromatic N) is 3. The van der Waals surface area contributed by atoms with Crippen molar-refractivity contribution in [3.8, 4) is 0 Å². The zero-order valence-corrected chi connectivity index (χ0v) is 17.9. The number of carbonyl (C=O) groups is 1. The summed E-state index contributed by atoms with van der Waals surface area (Å²) in [5.74, 6) is -0.403. The molecule has 32 heavy (non-hydrogen) atoms. The third kappa shape index (κ3) is 3.92. The first kappa shape index (κ1) is 20.8. The van der Waals surface area contributed by atoms with Crippen LogP contribution in [0.15, 0.2) is 79.1 Å². The summed E-state index contributed by atoms with van der Waals surface area (Å²) in [5, 5.41) is 0. The lowest BCUT2D eigenvalue weighted by atomic mass is 9.83. The molecule has 5 nitrogen and oxygen atoms in total. The monoisotopic (exact) mass is 431 g/mol. The van der Waals surface area contributed by atoms with E-state index in [1.54, 1.807) is 18.3 Å². The van der Waals surface area contributed by atoms with Crippen LogP contribution in [0.1, 0.15) is 22.6 Å². The van der Waals surface area contributed by atoms with Gasteiger partial charge in [0.1, 0.15) is 5.82 Å². The summed E-state index contributed by atoms with van der Waals surface area (Å²) in [6.45, 7) is 3.04. The Hall–Kier alpha value is -3.09. The van der Waals surface area contributed by atoms with Gasteiger partial charge in [-0.1, -0.05) is 54.6 Å². The van der Waals surface area contributed by atoms with Gasteiger partial charge in [-0.2, -0.15) is 0 Å². The van der Waals surface area contributed by atoms with E-state index in [-0.39, 0.29) is 17.6 Å². The van der Waals surface area contributed by atoms with E-state index >= 15 is 0 Å². The number of rotatable bonds is 5. The maximum atomic E-state index is 14.3. The van der Waals surface area contributed by atoms with Crippen LogP contribution < -0.4 is 0 Å². The maximum Gasteiger partial charge on any atom is 0.257 e. The van der Waals surface area contributed by atoms with Gasteiger partial charge >= 0.3 is 0 Å². The first-order chi connectivity index (χ1) is 15.7. The fraction of sp³-hybridized carbons (Fsp3) is 0.308. The molecule has 5 rings (SSSR count). The van der Waals surface area contributed by atoms with Gasteiger partial charge in [-0.3, -0.25) is 14.7 Å². The Morgan fingerprint density at radius 3 is 2.62 bits per heavy atom. The highest BCUT2D eigenvalue weighted by Gasteiger charge is 2.57. The maximum absolute atomic E-state index is 14.3. The lowest BCUT2D eigenvalue weighted by Crippen LogP contribution is -2.59. The molecule has 2 fully saturated rings. The molecule has 0 aliphatic carbocycles.